The van der Waals surface area contributed by atoms with Gasteiger partial charge in [0.1, 0.15) is 0 Å². The van der Waals surface area contributed by atoms with E-state index in [4.69, 9.17) is 0 Å². The number of fused-ring (bicyclic) bond motifs is 9. The van der Waals surface area contributed by atoms with Crippen LogP contribution in [0.3, 0.4) is 0 Å². The lowest BCUT2D eigenvalue weighted by Gasteiger charge is -2.19. The SMILES string of the molecule is N#Cc1ccc(-c2c3cc4c5ccccc5c5cccc(c3c(-c3ccc(C#N)cc3)c3c6ccc(-c7cccc8ccccc78)c7cccc(c23)c76)c54)cc1. The molecule has 0 aliphatic rings. The number of hydrogen-bond donors (Lipinski definition) is 0. The van der Waals surface area contributed by atoms with Gasteiger partial charge in [-0.3, -0.25) is 0 Å². The molecule has 0 amide bonds. The minimum Gasteiger partial charge on any atom is -0.192 e. The minimum absolute atomic E-state index is 0.636. The van der Waals surface area contributed by atoms with E-state index in [0.29, 0.717) is 11.1 Å². The molecule has 0 aliphatic heterocycles. The first-order valence-corrected chi connectivity index (χ1v) is 19.0. The van der Waals surface area contributed by atoms with E-state index in [1.807, 2.05) is 24.3 Å². The zero-order valence-electron chi connectivity index (χ0n) is 30.1. The minimum atomic E-state index is 0.636. The zero-order chi connectivity index (χ0) is 37.1. The van der Waals surface area contributed by atoms with Crippen LogP contribution in [-0.2, 0) is 0 Å². The Hall–Kier alpha value is -7.78. The van der Waals surface area contributed by atoms with Crippen molar-refractivity contribution in [3.63, 3.8) is 0 Å². The number of nitrogens with zero attached hydrogens (tertiary/aromatic N) is 2. The van der Waals surface area contributed by atoms with Crippen molar-refractivity contribution in [1.29, 1.82) is 10.5 Å². The van der Waals surface area contributed by atoms with Gasteiger partial charge in [0.25, 0.3) is 0 Å². The summed E-state index contributed by atoms with van der Waals surface area (Å²) in [5.41, 5.74) is 8.19. The van der Waals surface area contributed by atoms with E-state index in [2.05, 4.69) is 158 Å². The first-order chi connectivity index (χ1) is 27.7. The summed E-state index contributed by atoms with van der Waals surface area (Å²) < 4.78 is 0. The van der Waals surface area contributed by atoms with Crippen LogP contribution in [0.5, 0.6) is 0 Å². The lowest BCUT2D eigenvalue weighted by molar-refractivity contribution is 1.48. The first kappa shape index (κ1) is 30.7. The molecule has 0 aromatic heterocycles. The van der Waals surface area contributed by atoms with E-state index in [-0.39, 0.29) is 0 Å². The molecule has 0 saturated heterocycles. The Morgan fingerprint density at radius 3 is 1.48 bits per heavy atom. The van der Waals surface area contributed by atoms with Crippen LogP contribution in [0.1, 0.15) is 11.1 Å². The van der Waals surface area contributed by atoms with Gasteiger partial charge in [-0.25, -0.2) is 0 Å². The maximum atomic E-state index is 9.86. The van der Waals surface area contributed by atoms with Crippen molar-refractivity contribution in [2.75, 3.05) is 0 Å². The summed E-state index contributed by atoms with van der Waals surface area (Å²) in [5.74, 6) is 0. The van der Waals surface area contributed by atoms with E-state index in [9.17, 15) is 10.5 Å². The van der Waals surface area contributed by atoms with Crippen LogP contribution in [0.4, 0.5) is 0 Å². The molecule has 2 heteroatoms. The van der Waals surface area contributed by atoms with Crippen molar-refractivity contribution in [2.24, 2.45) is 0 Å². The van der Waals surface area contributed by atoms with Crippen LogP contribution < -0.4 is 0 Å². The monoisotopic (exact) mass is 704 g/mol. The van der Waals surface area contributed by atoms with E-state index in [0.717, 1.165) is 11.1 Å². The van der Waals surface area contributed by atoms with Gasteiger partial charge in [0.2, 0.25) is 0 Å². The average molecular weight is 705 g/mol. The summed E-state index contributed by atoms with van der Waals surface area (Å²) in [5, 5.41) is 39.3. The van der Waals surface area contributed by atoms with Crippen molar-refractivity contribution < 1.29 is 0 Å². The molecule has 0 spiro atoms. The lowest BCUT2D eigenvalue weighted by atomic mass is 9.83. The summed E-state index contributed by atoms with van der Waals surface area (Å²) in [4.78, 5) is 0. The van der Waals surface area contributed by atoms with Crippen molar-refractivity contribution in [3.05, 3.63) is 181 Å². The second-order valence-electron chi connectivity index (χ2n) is 14.9. The molecule has 0 aliphatic carbocycles. The number of rotatable bonds is 3. The van der Waals surface area contributed by atoms with E-state index < -0.39 is 0 Å². The Bertz CT molecular complexity index is 3690. The third-order valence-electron chi connectivity index (χ3n) is 12.2. The van der Waals surface area contributed by atoms with Crippen molar-refractivity contribution in [1.82, 2.24) is 0 Å². The van der Waals surface area contributed by atoms with Crippen LogP contribution >= 0.6 is 0 Å². The van der Waals surface area contributed by atoms with Crippen molar-refractivity contribution in [2.45, 2.75) is 0 Å². The van der Waals surface area contributed by atoms with Crippen LogP contribution in [0.15, 0.2) is 170 Å². The molecule has 12 rings (SSSR count). The van der Waals surface area contributed by atoms with Gasteiger partial charge in [0, 0.05) is 0 Å². The normalized spacial score (nSPS) is 11.9. The molecular weight excluding hydrogens is 677 g/mol. The summed E-state index contributed by atoms with van der Waals surface area (Å²) in [6.45, 7) is 0. The summed E-state index contributed by atoms with van der Waals surface area (Å²) in [6, 6.07) is 65.5. The Balaban J connectivity index is 1.36. The predicted molar refractivity (Wildman–Crippen MR) is 235 cm³/mol. The van der Waals surface area contributed by atoms with Gasteiger partial charge in [-0.1, -0.05) is 140 Å². The molecule has 12 aromatic carbocycles. The second kappa shape index (κ2) is 11.4. The molecule has 0 bridgehead atoms. The molecule has 0 radical (unpaired) electrons. The van der Waals surface area contributed by atoms with Gasteiger partial charge >= 0.3 is 0 Å². The summed E-state index contributed by atoms with van der Waals surface area (Å²) in [6.07, 6.45) is 0. The van der Waals surface area contributed by atoms with Crippen LogP contribution in [0.25, 0.3) is 120 Å². The van der Waals surface area contributed by atoms with E-state index in [1.54, 1.807) is 0 Å². The third kappa shape index (κ3) is 4.03. The number of hydrogen-bond acceptors (Lipinski definition) is 2. The molecule has 56 heavy (non-hydrogen) atoms. The molecule has 0 atom stereocenters. The van der Waals surface area contributed by atoms with Gasteiger partial charge in [-0.2, -0.15) is 10.5 Å². The van der Waals surface area contributed by atoms with Crippen molar-refractivity contribution >= 4 is 86.2 Å². The molecule has 0 fully saturated rings. The Labute approximate surface area is 322 Å². The predicted octanol–water partition coefficient (Wildman–Crippen LogP) is 14.5. The fourth-order valence-electron chi connectivity index (χ4n) is 9.92. The fourth-order valence-corrected chi connectivity index (χ4v) is 9.92. The number of nitriles is 2. The molecule has 0 saturated carbocycles. The maximum absolute atomic E-state index is 9.86. The maximum Gasteiger partial charge on any atom is 0.0991 e. The summed E-state index contributed by atoms with van der Waals surface area (Å²) >= 11 is 0. The van der Waals surface area contributed by atoms with E-state index in [1.165, 1.54) is 108 Å². The van der Waals surface area contributed by atoms with Crippen molar-refractivity contribution in [3.8, 4) is 45.5 Å². The molecular formula is C54H28N2. The smallest absolute Gasteiger partial charge is 0.0991 e. The van der Waals surface area contributed by atoms with Crippen LogP contribution in [0.2, 0.25) is 0 Å². The van der Waals surface area contributed by atoms with Gasteiger partial charge in [0.05, 0.1) is 23.3 Å². The molecule has 12 aromatic rings. The Morgan fingerprint density at radius 2 is 0.768 bits per heavy atom. The quantitative estimate of drug-likeness (QED) is 0.172. The molecule has 254 valence electrons. The van der Waals surface area contributed by atoms with Crippen LogP contribution in [0, 0.1) is 22.7 Å². The van der Waals surface area contributed by atoms with Gasteiger partial charge in [-0.05, 0) is 150 Å². The van der Waals surface area contributed by atoms with E-state index >= 15 is 0 Å². The lowest BCUT2D eigenvalue weighted by Crippen LogP contribution is -1.92. The highest BCUT2D eigenvalue weighted by Gasteiger charge is 2.27. The van der Waals surface area contributed by atoms with Gasteiger partial charge in [-0.15, -0.1) is 0 Å². The Kier molecular flexibility index (Phi) is 6.22. The topological polar surface area (TPSA) is 47.6 Å². The van der Waals surface area contributed by atoms with Gasteiger partial charge in [0.15, 0.2) is 0 Å². The average Bonchev–Trinajstić information content (AvgIpc) is 3.77. The molecule has 0 N–H and O–H groups in total. The van der Waals surface area contributed by atoms with Crippen LogP contribution in [-0.4, -0.2) is 0 Å². The highest BCUT2D eigenvalue weighted by atomic mass is 14.3. The highest BCUT2D eigenvalue weighted by Crippen LogP contribution is 2.55. The Morgan fingerprint density at radius 1 is 0.286 bits per heavy atom. The zero-order valence-corrected chi connectivity index (χ0v) is 30.1. The standard InChI is InChI=1S/C54H28N2/c55-29-31-18-22-34(23-19-31)48-47-28-46-39-12-4-3-11-38(39)41-14-6-16-43(51(41)46)52(47)49(35-24-20-32(30-56)21-25-35)54-45-27-26-40(42-15-7-17-44(50(42)45)53(48)54)37-13-5-9-33-8-1-2-10-36(33)37/h1-28H. The largest absolute Gasteiger partial charge is 0.192 e. The van der Waals surface area contributed by atoms with Gasteiger partial charge < -0.3 is 0 Å². The fraction of sp³-hybridized carbons (Fsp3) is 0. The molecule has 2 nitrogen and oxygen atoms in total. The highest BCUT2D eigenvalue weighted by molar-refractivity contribution is 6.45. The first-order valence-electron chi connectivity index (χ1n) is 19.0. The molecule has 0 unspecified atom stereocenters. The summed E-state index contributed by atoms with van der Waals surface area (Å²) in [7, 11) is 0. The second-order valence-corrected chi connectivity index (χ2v) is 14.9. The number of benzene rings is 10. The molecule has 0 heterocycles. The third-order valence-corrected chi connectivity index (χ3v) is 12.2.